The Morgan fingerprint density at radius 2 is 2.03 bits per heavy atom. The van der Waals surface area contributed by atoms with Gasteiger partial charge >= 0.3 is 0 Å². The molecule has 1 aromatic heterocycles. The summed E-state index contributed by atoms with van der Waals surface area (Å²) in [7, 11) is 0. The summed E-state index contributed by atoms with van der Waals surface area (Å²) in [6.45, 7) is 0.904. The van der Waals surface area contributed by atoms with Crippen LogP contribution in [0.1, 0.15) is 18.4 Å². The lowest BCUT2D eigenvalue weighted by atomic mass is 10.0. The summed E-state index contributed by atoms with van der Waals surface area (Å²) in [4.78, 5) is 16.0. The van der Waals surface area contributed by atoms with Crippen molar-refractivity contribution in [3.05, 3.63) is 42.1 Å². The number of aromatic nitrogens is 1. The van der Waals surface area contributed by atoms with E-state index in [0.717, 1.165) is 11.1 Å². The smallest absolute Gasteiger partial charge is 0.231 e. The van der Waals surface area contributed by atoms with Crippen molar-refractivity contribution in [2.75, 3.05) is 18.4 Å². The van der Waals surface area contributed by atoms with Gasteiger partial charge in [0.25, 0.3) is 0 Å². The van der Waals surface area contributed by atoms with E-state index in [2.05, 4.69) is 21.7 Å². The van der Waals surface area contributed by atoms with Crippen molar-refractivity contribution in [2.24, 2.45) is 5.92 Å². The summed E-state index contributed by atoms with van der Waals surface area (Å²) in [5.74, 6) is -0.320. The molecule has 29 heavy (non-hydrogen) atoms. The molecule has 2 heterocycles. The van der Waals surface area contributed by atoms with Crippen LogP contribution in [0.2, 0.25) is 0 Å². The number of carbonyl (C=O) groups excluding carboxylic acids is 1. The number of anilines is 1. The summed E-state index contributed by atoms with van der Waals surface area (Å²) in [6, 6.07) is 10.6. The minimum atomic E-state index is -1.13. The number of halogens is 2. The highest BCUT2D eigenvalue weighted by molar-refractivity contribution is 5.94. The molecule has 150 valence electrons. The zero-order valence-electron chi connectivity index (χ0n) is 15.6. The number of amides is 1. The number of benzene rings is 1. The standard InChI is InChI=1S/C21H20F2N4O2/c22-16-9-15(16)21(28)27-20-8-13(3-6-26-20)12-1-2-18(14(7-12)10-24)29-19-4-5-25-11-17(19)23/h1-3,6-8,15-17,19,25H,4-5,9,11H2,(H,26,27,28)/t15-,16-,17+,19-/m0/s1. The monoisotopic (exact) mass is 398 g/mol. The molecule has 0 unspecified atom stereocenters. The second kappa shape index (κ2) is 8.13. The highest BCUT2D eigenvalue weighted by atomic mass is 19.1. The van der Waals surface area contributed by atoms with Crippen molar-refractivity contribution in [3.63, 3.8) is 0 Å². The summed E-state index contributed by atoms with van der Waals surface area (Å²) in [5, 5.41) is 15.1. The Morgan fingerprint density at radius 3 is 2.76 bits per heavy atom. The van der Waals surface area contributed by atoms with Crippen LogP contribution in [0.5, 0.6) is 5.75 Å². The summed E-state index contributed by atoms with van der Waals surface area (Å²) in [6.07, 6.45) is -0.482. The van der Waals surface area contributed by atoms with Gasteiger partial charge in [-0.25, -0.2) is 13.8 Å². The number of alkyl halides is 2. The van der Waals surface area contributed by atoms with Crippen molar-refractivity contribution in [3.8, 4) is 22.9 Å². The molecular formula is C21H20F2N4O2. The normalized spacial score (nSPS) is 25.7. The SMILES string of the molecule is N#Cc1cc(-c2ccnc(NC(=O)[C@H]3C[C@@H]3F)c2)ccc1O[C@H]1CCNC[C@H]1F. The Balaban J connectivity index is 1.52. The highest BCUT2D eigenvalue weighted by Crippen LogP contribution is 2.35. The van der Waals surface area contributed by atoms with Gasteiger partial charge in [0.1, 0.15) is 36.1 Å². The van der Waals surface area contributed by atoms with E-state index >= 15 is 0 Å². The molecule has 1 aliphatic carbocycles. The van der Waals surface area contributed by atoms with Crippen molar-refractivity contribution in [2.45, 2.75) is 31.3 Å². The first-order valence-electron chi connectivity index (χ1n) is 9.52. The lowest BCUT2D eigenvalue weighted by molar-refractivity contribution is -0.117. The molecule has 8 heteroatoms. The third-order valence-electron chi connectivity index (χ3n) is 5.12. The van der Waals surface area contributed by atoms with Gasteiger partial charge in [-0.05, 0) is 54.8 Å². The molecule has 0 radical (unpaired) electrons. The van der Waals surface area contributed by atoms with Gasteiger partial charge in [-0.1, -0.05) is 6.07 Å². The second-order valence-corrected chi connectivity index (χ2v) is 7.27. The lowest BCUT2D eigenvalue weighted by Crippen LogP contribution is -2.44. The minimum Gasteiger partial charge on any atom is -0.486 e. The molecule has 4 atom stereocenters. The predicted molar refractivity (Wildman–Crippen MR) is 103 cm³/mol. The average Bonchev–Trinajstić information content (AvgIpc) is 3.47. The number of carbonyl (C=O) groups is 1. The topological polar surface area (TPSA) is 87.0 Å². The highest BCUT2D eigenvalue weighted by Gasteiger charge is 2.43. The van der Waals surface area contributed by atoms with Gasteiger partial charge in [-0.3, -0.25) is 4.79 Å². The average molecular weight is 398 g/mol. The largest absolute Gasteiger partial charge is 0.486 e. The summed E-state index contributed by atoms with van der Waals surface area (Å²) in [5.41, 5.74) is 1.76. The van der Waals surface area contributed by atoms with Crippen LogP contribution in [0.25, 0.3) is 11.1 Å². The maximum absolute atomic E-state index is 14.0. The van der Waals surface area contributed by atoms with Gasteiger partial charge in [-0.15, -0.1) is 0 Å². The Morgan fingerprint density at radius 1 is 1.24 bits per heavy atom. The molecule has 1 amide bonds. The Kier molecular flexibility index (Phi) is 5.41. The fourth-order valence-electron chi connectivity index (χ4n) is 3.32. The number of rotatable bonds is 5. The van der Waals surface area contributed by atoms with E-state index < -0.39 is 24.4 Å². The third kappa shape index (κ3) is 4.35. The van der Waals surface area contributed by atoms with Crippen LogP contribution in [0.3, 0.4) is 0 Å². The van der Waals surface area contributed by atoms with E-state index in [1.807, 2.05) is 0 Å². The number of pyridine rings is 1. The first kappa shape index (κ1) is 19.3. The number of hydrogen-bond acceptors (Lipinski definition) is 5. The molecule has 0 bridgehead atoms. The molecule has 2 fully saturated rings. The number of nitrogens with zero attached hydrogens (tertiary/aromatic N) is 2. The number of ether oxygens (including phenoxy) is 1. The minimum absolute atomic E-state index is 0.236. The Bertz CT molecular complexity index is 962. The van der Waals surface area contributed by atoms with Crippen LogP contribution in [-0.2, 0) is 4.79 Å². The molecule has 0 spiro atoms. The third-order valence-corrected chi connectivity index (χ3v) is 5.12. The second-order valence-electron chi connectivity index (χ2n) is 7.27. The molecule has 2 aromatic rings. The number of nitrogens with one attached hydrogen (secondary N) is 2. The molecule has 2 N–H and O–H groups in total. The van der Waals surface area contributed by atoms with Crippen LogP contribution in [0, 0.1) is 17.2 Å². The van der Waals surface area contributed by atoms with E-state index in [4.69, 9.17) is 4.74 Å². The molecule has 1 aliphatic heterocycles. The van der Waals surface area contributed by atoms with Gasteiger partial charge in [-0.2, -0.15) is 5.26 Å². The van der Waals surface area contributed by atoms with Gasteiger partial charge in [0.15, 0.2) is 0 Å². The first-order chi connectivity index (χ1) is 14.0. The van der Waals surface area contributed by atoms with Crippen molar-refractivity contribution in [1.29, 1.82) is 5.26 Å². The quantitative estimate of drug-likeness (QED) is 0.809. The molecule has 2 aliphatic rings. The zero-order valence-corrected chi connectivity index (χ0v) is 15.6. The Hall–Kier alpha value is -3.05. The lowest BCUT2D eigenvalue weighted by Gasteiger charge is -2.27. The van der Waals surface area contributed by atoms with E-state index in [1.165, 1.54) is 6.20 Å². The van der Waals surface area contributed by atoms with Crippen LogP contribution in [0.4, 0.5) is 14.6 Å². The Labute approximate surface area is 166 Å². The van der Waals surface area contributed by atoms with E-state index in [-0.39, 0.29) is 18.9 Å². The predicted octanol–water partition coefficient (Wildman–Crippen LogP) is 3.00. The van der Waals surface area contributed by atoms with Crippen LogP contribution < -0.4 is 15.4 Å². The molecule has 1 saturated heterocycles. The van der Waals surface area contributed by atoms with Gasteiger partial charge in [0.05, 0.1) is 11.5 Å². The first-order valence-corrected chi connectivity index (χ1v) is 9.52. The maximum Gasteiger partial charge on any atom is 0.231 e. The van der Waals surface area contributed by atoms with Crippen molar-refractivity contribution < 1.29 is 18.3 Å². The summed E-state index contributed by atoms with van der Waals surface area (Å²) >= 11 is 0. The molecule has 1 aromatic carbocycles. The zero-order chi connectivity index (χ0) is 20.4. The van der Waals surface area contributed by atoms with Crippen LogP contribution >= 0.6 is 0 Å². The van der Waals surface area contributed by atoms with Crippen LogP contribution in [-0.4, -0.2) is 42.4 Å². The fourth-order valence-corrected chi connectivity index (χ4v) is 3.32. The molecule has 4 rings (SSSR count). The van der Waals surface area contributed by atoms with Crippen molar-refractivity contribution >= 4 is 11.7 Å². The number of piperidine rings is 1. The molecular weight excluding hydrogens is 378 g/mol. The summed E-state index contributed by atoms with van der Waals surface area (Å²) < 4.78 is 32.8. The van der Waals surface area contributed by atoms with E-state index in [9.17, 15) is 18.8 Å². The van der Waals surface area contributed by atoms with Gasteiger partial charge in [0.2, 0.25) is 5.91 Å². The number of hydrogen-bond donors (Lipinski definition) is 2. The maximum atomic E-state index is 14.0. The van der Waals surface area contributed by atoms with Crippen LogP contribution in [0.15, 0.2) is 36.5 Å². The van der Waals surface area contributed by atoms with E-state index in [0.29, 0.717) is 30.1 Å². The molecule has 6 nitrogen and oxygen atoms in total. The van der Waals surface area contributed by atoms with E-state index in [1.54, 1.807) is 30.3 Å². The fraction of sp³-hybridized carbons (Fsp3) is 0.381. The van der Waals surface area contributed by atoms with Gasteiger partial charge in [0, 0.05) is 12.7 Å². The number of nitriles is 1. The van der Waals surface area contributed by atoms with Crippen molar-refractivity contribution in [1.82, 2.24) is 10.3 Å². The van der Waals surface area contributed by atoms with Gasteiger partial charge < -0.3 is 15.4 Å². The molecule has 1 saturated carbocycles.